The average Bonchev–Trinajstić information content (AvgIpc) is 2.75. The summed E-state index contributed by atoms with van der Waals surface area (Å²) in [7, 11) is -1.24. The Bertz CT molecular complexity index is 648. The lowest BCUT2D eigenvalue weighted by molar-refractivity contribution is 0.599. The standard InChI is InChI=1S/C14H19Cl2N3O2S.HI/c1-17-14(19-13-3-5-22(20,21)9-13)18-4-2-10-6-11(15)8-12(16)7-10;/h6-8,13H,2-5,9H2,1H3,(H2,17,18,19);1H. The summed E-state index contributed by atoms with van der Waals surface area (Å²) in [5.41, 5.74) is 1.03. The lowest BCUT2D eigenvalue weighted by Gasteiger charge is -2.16. The molecule has 1 heterocycles. The van der Waals surface area contributed by atoms with Crippen LogP contribution in [-0.4, -0.2) is 45.5 Å². The van der Waals surface area contributed by atoms with E-state index in [0.29, 0.717) is 29.0 Å². The molecule has 1 aromatic carbocycles. The van der Waals surface area contributed by atoms with Crippen molar-refractivity contribution >= 4 is 63.0 Å². The number of guanidine groups is 1. The van der Waals surface area contributed by atoms with Gasteiger partial charge in [0.05, 0.1) is 11.5 Å². The fraction of sp³-hybridized carbons (Fsp3) is 0.500. The fourth-order valence-electron chi connectivity index (χ4n) is 2.38. The molecule has 1 unspecified atom stereocenters. The second-order valence-electron chi connectivity index (χ2n) is 5.27. The zero-order chi connectivity index (χ0) is 16.2. The van der Waals surface area contributed by atoms with Gasteiger partial charge in [-0.25, -0.2) is 8.42 Å². The average molecular weight is 492 g/mol. The Morgan fingerprint density at radius 2 is 1.96 bits per heavy atom. The van der Waals surface area contributed by atoms with E-state index in [4.69, 9.17) is 23.2 Å². The Morgan fingerprint density at radius 1 is 1.30 bits per heavy atom. The largest absolute Gasteiger partial charge is 0.356 e. The Labute approximate surface area is 164 Å². The minimum atomic E-state index is -2.90. The van der Waals surface area contributed by atoms with Gasteiger partial charge in [-0.3, -0.25) is 4.99 Å². The number of nitrogens with one attached hydrogen (secondary N) is 2. The van der Waals surface area contributed by atoms with E-state index in [1.54, 1.807) is 13.1 Å². The summed E-state index contributed by atoms with van der Waals surface area (Å²) in [6.07, 6.45) is 1.36. The maximum Gasteiger partial charge on any atom is 0.191 e. The topological polar surface area (TPSA) is 70.6 Å². The number of hydrogen-bond donors (Lipinski definition) is 2. The summed E-state index contributed by atoms with van der Waals surface area (Å²) in [5, 5.41) is 7.53. The van der Waals surface area contributed by atoms with Crippen molar-refractivity contribution in [1.82, 2.24) is 10.6 Å². The van der Waals surface area contributed by atoms with Crippen LogP contribution in [0.1, 0.15) is 12.0 Å². The molecule has 2 N–H and O–H groups in total. The van der Waals surface area contributed by atoms with Crippen LogP contribution in [0.4, 0.5) is 0 Å². The highest BCUT2D eigenvalue weighted by Crippen LogP contribution is 2.19. The Kier molecular flexibility index (Phi) is 8.40. The molecule has 0 spiro atoms. The number of nitrogens with zero attached hydrogens (tertiary/aromatic N) is 1. The molecule has 1 fully saturated rings. The molecule has 0 bridgehead atoms. The van der Waals surface area contributed by atoms with Crippen LogP contribution in [-0.2, 0) is 16.3 Å². The molecule has 0 aromatic heterocycles. The monoisotopic (exact) mass is 491 g/mol. The Balaban J connectivity index is 0.00000264. The van der Waals surface area contributed by atoms with E-state index in [9.17, 15) is 8.42 Å². The van der Waals surface area contributed by atoms with Crippen LogP contribution < -0.4 is 10.6 Å². The van der Waals surface area contributed by atoms with Crippen LogP contribution in [0, 0.1) is 0 Å². The zero-order valence-corrected chi connectivity index (χ0v) is 17.3. The van der Waals surface area contributed by atoms with E-state index in [1.807, 2.05) is 12.1 Å². The Morgan fingerprint density at radius 3 is 2.48 bits per heavy atom. The van der Waals surface area contributed by atoms with Gasteiger partial charge in [0.15, 0.2) is 15.8 Å². The van der Waals surface area contributed by atoms with Crippen LogP contribution >= 0.6 is 47.2 Å². The smallest absolute Gasteiger partial charge is 0.191 e. The van der Waals surface area contributed by atoms with Gasteiger partial charge in [0.2, 0.25) is 0 Å². The van der Waals surface area contributed by atoms with Crippen molar-refractivity contribution in [2.24, 2.45) is 4.99 Å². The Hall–Kier alpha value is -0.250. The van der Waals surface area contributed by atoms with Crippen molar-refractivity contribution in [3.63, 3.8) is 0 Å². The van der Waals surface area contributed by atoms with E-state index < -0.39 is 9.84 Å². The molecule has 130 valence electrons. The lowest BCUT2D eigenvalue weighted by atomic mass is 10.1. The van der Waals surface area contributed by atoms with Crippen LogP contribution in [0.2, 0.25) is 10.0 Å². The molecule has 23 heavy (non-hydrogen) atoms. The summed E-state index contributed by atoms with van der Waals surface area (Å²) in [4.78, 5) is 4.11. The number of sulfone groups is 1. The van der Waals surface area contributed by atoms with Gasteiger partial charge < -0.3 is 10.6 Å². The first kappa shape index (κ1) is 20.8. The highest BCUT2D eigenvalue weighted by Gasteiger charge is 2.28. The van der Waals surface area contributed by atoms with Gasteiger partial charge in [-0.15, -0.1) is 24.0 Å². The predicted octanol–water partition coefficient (Wildman–Crippen LogP) is 2.51. The number of rotatable bonds is 4. The number of benzene rings is 1. The molecule has 0 aliphatic carbocycles. The van der Waals surface area contributed by atoms with Crippen molar-refractivity contribution in [2.45, 2.75) is 18.9 Å². The van der Waals surface area contributed by atoms with E-state index in [0.717, 1.165) is 12.0 Å². The van der Waals surface area contributed by atoms with E-state index in [2.05, 4.69) is 15.6 Å². The molecule has 1 atom stereocenters. The molecule has 0 saturated carbocycles. The minimum absolute atomic E-state index is 0. The van der Waals surface area contributed by atoms with Gasteiger partial charge >= 0.3 is 0 Å². The van der Waals surface area contributed by atoms with Gasteiger partial charge in [0, 0.05) is 29.7 Å². The third kappa shape index (κ3) is 7.03. The molecule has 9 heteroatoms. The highest BCUT2D eigenvalue weighted by molar-refractivity contribution is 14.0. The van der Waals surface area contributed by atoms with Gasteiger partial charge in [-0.2, -0.15) is 0 Å². The molecule has 1 aliphatic heterocycles. The van der Waals surface area contributed by atoms with Gasteiger partial charge in [-0.05, 0) is 36.6 Å². The van der Waals surface area contributed by atoms with Crippen LogP contribution in [0.25, 0.3) is 0 Å². The summed E-state index contributed by atoms with van der Waals surface area (Å²) in [5.74, 6) is 1.01. The number of halogens is 3. The SMILES string of the molecule is CN=C(NCCc1cc(Cl)cc(Cl)c1)NC1CCS(=O)(=O)C1.I. The second kappa shape index (κ2) is 9.29. The highest BCUT2D eigenvalue weighted by atomic mass is 127. The normalized spacial score (nSPS) is 20.0. The van der Waals surface area contributed by atoms with Crippen LogP contribution in [0.5, 0.6) is 0 Å². The first-order valence-electron chi connectivity index (χ1n) is 7.00. The lowest BCUT2D eigenvalue weighted by Crippen LogP contribution is -2.44. The summed E-state index contributed by atoms with van der Waals surface area (Å²) in [6, 6.07) is 5.36. The maximum atomic E-state index is 11.4. The molecule has 2 rings (SSSR count). The van der Waals surface area contributed by atoms with E-state index >= 15 is 0 Å². The predicted molar refractivity (Wildman–Crippen MR) is 107 cm³/mol. The van der Waals surface area contributed by atoms with E-state index in [1.165, 1.54) is 0 Å². The zero-order valence-electron chi connectivity index (χ0n) is 12.7. The quantitative estimate of drug-likeness (QED) is 0.385. The van der Waals surface area contributed by atoms with Gasteiger partial charge in [0.25, 0.3) is 0 Å². The third-order valence-electron chi connectivity index (χ3n) is 3.43. The summed E-state index contributed by atoms with van der Waals surface area (Å²) in [6.45, 7) is 0.649. The number of aliphatic imine (C=N–C) groups is 1. The second-order valence-corrected chi connectivity index (χ2v) is 8.37. The fourth-order valence-corrected chi connectivity index (χ4v) is 4.62. The van der Waals surface area contributed by atoms with Crippen molar-refractivity contribution in [2.75, 3.05) is 25.1 Å². The van der Waals surface area contributed by atoms with Gasteiger partial charge in [0.1, 0.15) is 0 Å². The molecule has 1 aliphatic rings. The molecule has 0 radical (unpaired) electrons. The maximum absolute atomic E-state index is 11.4. The summed E-state index contributed by atoms with van der Waals surface area (Å²) >= 11 is 11.9. The van der Waals surface area contributed by atoms with Crippen molar-refractivity contribution in [1.29, 1.82) is 0 Å². The molecule has 1 saturated heterocycles. The molecular weight excluding hydrogens is 472 g/mol. The first-order chi connectivity index (χ1) is 10.4. The first-order valence-corrected chi connectivity index (χ1v) is 9.58. The molecule has 1 aromatic rings. The van der Waals surface area contributed by atoms with Crippen molar-refractivity contribution in [3.05, 3.63) is 33.8 Å². The van der Waals surface area contributed by atoms with Crippen LogP contribution in [0.3, 0.4) is 0 Å². The molecular formula is C14H20Cl2IN3O2S. The third-order valence-corrected chi connectivity index (χ3v) is 5.63. The van der Waals surface area contributed by atoms with Crippen molar-refractivity contribution in [3.8, 4) is 0 Å². The minimum Gasteiger partial charge on any atom is -0.356 e. The van der Waals surface area contributed by atoms with Crippen molar-refractivity contribution < 1.29 is 8.42 Å². The van der Waals surface area contributed by atoms with Gasteiger partial charge in [-0.1, -0.05) is 23.2 Å². The van der Waals surface area contributed by atoms with Crippen LogP contribution in [0.15, 0.2) is 23.2 Å². The van der Waals surface area contributed by atoms with E-state index in [-0.39, 0.29) is 41.5 Å². The number of hydrogen-bond acceptors (Lipinski definition) is 3. The summed E-state index contributed by atoms with van der Waals surface area (Å²) < 4.78 is 22.9. The molecule has 5 nitrogen and oxygen atoms in total. The molecule has 0 amide bonds.